The first kappa shape index (κ1) is 27.5. The normalized spacial score (nSPS) is 11.2. The SMILES string of the molecule is Cc1c(C(=O)OC(C)C)sc(NC(=O)c2cc(-c3ccc(Br)cc3)nc3ccccc23)c1C(=O)OC(C)C. The van der Waals surface area contributed by atoms with Gasteiger partial charge in [-0.2, -0.15) is 0 Å². The average Bonchev–Trinajstić information content (AvgIpc) is 3.18. The molecule has 0 unspecified atom stereocenters. The lowest BCUT2D eigenvalue weighted by atomic mass is 10.0. The molecule has 0 spiro atoms. The van der Waals surface area contributed by atoms with E-state index in [0.717, 1.165) is 21.4 Å². The minimum Gasteiger partial charge on any atom is -0.459 e. The predicted molar refractivity (Wildman–Crippen MR) is 153 cm³/mol. The minimum absolute atomic E-state index is 0.138. The molecule has 38 heavy (non-hydrogen) atoms. The fourth-order valence-corrected chi connectivity index (χ4v) is 5.22. The van der Waals surface area contributed by atoms with E-state index in [0.29, 0.717) is 27.7 Å². The van der Waals surface area contributed by atoms with Crippen molar-refractivity contribution in [3.05, 3.63) is 80.6 Å². The largest absolute Gasteiger partial charge is 0.459 e. The number of hydrogen-bond acceptors (Lipinski definition) is 7. The third-order valence-corrected chi connectivity index (χ3v) is 7.27. The molecule has 1 amide bonds. The molecule has 0 aliphatic carbocycles. The molecule has 4 aromatic rings. The van der Waals surface area contributed by atoms with Crippen molar-refractivity contribution in [2.24, 2.45) is 0 Å². The number of thiophene rings is 1. The van der Waals surface area contributed by atoms with Crippen LogP contribution >= 0.6 is 27.3 Å². The summed E-state index contributed by atoms with van der Waals surface area (Å²) in [6, 6.07) is 16.7. The Morgan fingerprint density at radius 2 is 1.55 bits per heavy atom. The topological polar surface area (TPSA) is 94.6 Å². The first-order chi connectivity index (χ1) is 18.0. The number of hydrogen-bond donors (Lipinski definition) is 1. The Hall–Kier alpha value is -3.56. The van der Waals surface area contributed by atoms with Gasteiger partial charge in [-0.1, -0.05) is 46.3 Å². The summed E-state index contributed by atoms with van der Waals surface area (Å²) >= 11 is 4.44. The van der Waals surface area contributed by atoms with E-state index in [1.54, 1.807) is 40.7 Å². The second-order valence-corrected chi connectivity index (χ2v) is 11.1. The van der Waals surface area contributed by atoms with Gasteiger partial charge in [-0.05, 0) is 64.4 Å². The zero-order valence-electron chi connectivity index (χ0n) is 21.6. The quantitative estimate of drug-likeness (QED) is 0.224. The minimum atomic E-state index is -0.622. The van der Waals surface area contributed by atoms with Crippen molar-refractivity contribution in [3.63, 3.8) is 0 Å². The average molecular weight is 596 g/mol. The van der Waals surface area contributed by atoms with Crippen molar-refractivity contribution < 1.29 is 23.9 Å². The molecule has 0 fully saturated rings. The van der Waals surface area contributed by atoms with Crippen LogP contribution in [-0.4, -0.2) is 35.0 Å². The second-order valence-electron chi connectivity index (χ2n) is 9.20. The highest BCUT2D eigenvalue weighted by atomic mass is 79.9. The fourth-order valence-electron chi connectivity index (χ4n) is 3.88. The van der Waals surface area contributed by atoms with E-state index in [9.17, 15) is 14.4 Å². The number of rotatable bonds is 7. The van der Waals surface area contributed by atoms with Gasteiger partial charge in [0.25, 0.3) is 5.91 Å². The van der Waals surface area contributed by atoms with Crippen molar-refractivity contribution in [2.45, 2.75) is 46.8 Å². The summed E-state index contributed by atoms with van der Waals surface area (Å²) in [5.41, 5.74) is 3.05. The lowest BCUT2D eigenvalue weighted by Crippen LogP contribution is -2.17. The molecule has 0 saturated carbocycles. The number of nitrogens with one attached hydrogen (secondary N) is 1. The number of carbonyl (C=O) groups excluding carboxylic acids is 3. The maximum atomic E-state index is 13.7. The van der Waals surface area contributed by atoms with Gasteiger partial charge in [0, 0.05) is 15.4 Å². The Kier molecular flexibility index (Phi) is 8.28. The number of nitrogens with zero attached hydrogens (tertiary/aromatic N) is 1. The van der Waals surface area contributed by atoms with Crippen LogP contribution in [0.2, 0.25) is 0 Å². The summed E-state index contributed by atoms with van der Waals surface area (Å²) in [5, 5.41) is 3.75. The number of halogens is 1. The molecule has 7 nitrogen and oxygen atoms in total. The number of para-hydroxylation sites is 1. The summed E-state index contributed by atoms with van der Waals surface area (Å²) in [4.78, 5) is 44.5. The first-order valence-electron chi connectivity index (χ1n) is 12.1. The van der Waals surface area contributed by atoms with Crippen LogP contribution in [-0.2, 0) is 9.47 Å². The fraction of sp³-hybridized carbons (Fsp3) is 0.241. The number of amides is 1. The van der Waals surface area contributed by atoms with Gasteiger partial charge < -0.3 is 14.8 Å². The lowest BCUT2D eigenvalue weighted by Gasteiger charge is -2.12. The van der Waals surface area contributed by atoms with E-state index < -0.39 is 17.8 Å². The molecular weight excluding hydrogens is 568 g/mol. The molecule has 2 aromatic carbocycles. The summed E-state index contributed by atoms with van der Waals surface area (Å²) in [7, 11) is 0. The standard InChI is InChI=1S/C29H27BrN2O5S/c1-15(2)36-28(34)24-17(5)25(29(35)37-16(3)4)38-27(24)32-26(33)21-14-23(18-10-12-19(30)13-11-18)31-22-9-7-6-8-20(21)22/h6-16H,1-5H3,(H,32,33). The van der Waals surface area contributed by atoms with Crippen LogP contribution < -0.4 is 5.32 Å². The molecule has 2 aromatic heterocycles. The maximum absolute atomic E-state index is 13.7. The van der Waals surface area contributed by atoms with Crippen LogP contribution in [0.5, 0.6) is 0 Å². The number of aromatic nitrogens is 1. The van der Waals surface area contributed by atoms with Gasteiger partial charge >= 0.3 is 11.9 Å². The van der Waals surface area contributed by atoms with Crippen LogP contribution in [0, 0.1) is 6.92 Å². The number of anilines is 1. The van der Waals surface area contributed by atoms with E-state index in [4.69, 9.17) is 14.5 Å². The van der Waals surface area contributed by atoms with Crippen LogP contribution in [0.3, 0.4) is 0 Å². The summed E-state index contributed by atoms with van der Waals surface area (Å²) in [6.07, 6.45) is -0.720. The maximum Gasteiger partial charge on any atom is 0.348 e. The molecule has 0 atom stereocenters. The summed E-state index contributed by atoms with van der Waals surface area (Å²) in [5.74, 6) is -1.62. The third-order valence-electron chi connectivity index (χ3n) is 5.55. The number of fused-ring (bicyclic) bond motifs is 1. The Bertz CT molecular complexity index is 1530. The number of benzene rings is 2. The van der Waals surface area contributed by atoms with Crippen molar-refractivity contribution in [3.8, 4) is 11.3 Å². The zero-order valence-corrected chi connectivity index (χ0v) is 24.0. The van der Waals surface area contributed by atoms with Crippen molar-refractivity contribution in [2.75, 3.05) is 5.32 Å². The Morgan fingerprint density at radius 1 is 0.921 bits per heavy atom. The monoisotopic (exact) mass is 594 g/mol. The molecular formula is C29H27BrN2O5S. The lowest BCUT2D eigenvalue weighted by molar-refractivity contribution is 0.0378. The van der Waals surface area contributed by atoms with E-state index in [-0.39, 0.29) is 27.6 Å². The molecule has 0 radical (unpaired) electrons. The highest BCUT2D eigenvalue weighted by Gasteiger charge is 2.29. The van der Waals surface area contributed by atoms with Crippen molar-refractivity contribution in [1.82, 2.24) is 4.98 Å². The number of carbonyl (C=O) groups is 3. The first-order valence-corrected chi connectivity index (χ1v) is 13.7. The third kappa shape index (κ3) is 5.95. The Labute approximate surface area is 233 Å². The van der Waals surface area contributed by atoms with E-state index in [1.165, 1.54) is 0 Å². The smallest absolute Gasteiger partial charge is 0.348 e. The Balaban J connectivity index is 1.79. The molecule has 196 valence electrons. The molecule has 1 N–H and O–H groups in total. The molecule has 2 heterocycles. The van der Waals surface area contributed by atoms with Crippen molar-refractivity contribution in [1.29, 1.82) is 0 Å². The summed E-state index contributed by atoms with van der Waals surface area (Å²) < 4.78 is 11.7. The van der Waals surface area contributed by atoms with Gasteiger partial charge in [0.2, 0.25) is 0 Å². The van der Waals surface area contributed by atoms with Crippen LogP contribution in [0.15, 0.2) is 59.1 Å². The summed E-state index contributed by atoms with van der Waals surface area (Å²) in [6.45, 7) is 8.61. The zero-order chi connectivity index (χ0) is 27.6. The highest BCUT2D eigenvalue weighted by Crippen LogP contribution is 2.36. The molecule has 4 rings (SSSR count). The predicted octanol–water partition coefficient (Wildman–Crippen LogP) is 7.42. The van der Waals surface area contributed by atoms with Gasteiger partial charge in [0.15, 0.2) is 0 Å². The van der Waals surface area contributed by atoms with Crippen LogP contribution in [0.25, 0.3) is 22.2 Å². The molecule has 0 bridgehead atoms. The highest BCUT2D eigenvalue weighted by molar-refractivity contribution is 9.10. The van der Waals surface area contributed by atoms with Crippen LogP contribution in [0.4, 0.5) is 5.00 Å². The van der Waals surface area contributed by atoms with E-state index >= 15 is 0 Å². The molecule has 0 aliphatic rings. The number of pyridine rings is 1. The number of esters is 2. The molecule has 0 saturated heterocycles. The van der Waals surface area contributed by atoms with E-state index in [1.807, 2.05) is 48.5 Å². The van der Waals surface area contributed by atoms with Crippen LogP contribution in [0.1, 0.15) is 63.6 Å². The number of ether oxygens (including phenoxy) is 2. The van der Waals surface area contributed by atoms with E-state index in [2.05, 4.69) is 21.2 Å². The molecule has 9 heteroatoms. The Morgan fingerprint density at radius 3 is 2.21 bits per heavy atom. The van der Waals surface area contributed by atoms with Gasteiger partial charge in [-0.3, -0.25) is 4.79 Å². The van der Waals surface area contributed by atoms with Gasteiger partial charge in [-0.15, -0.1) is 11.3 Å². The second kappa shape index (κ2) is 11.4. The molecule has 0 aliphatic heterocycles. The van der Waals surface area contributed by atoms with Gasteiger partial charge in [0.05, 0.1) is 34.5 Å². The van der Waals surface area contributed by atoms with Gasteiger partial charge in [-0.25, -0.2) is 14.6 Å². The van der Waals surface area contributed by atoms with Gasteiger partial charge in [0.1, 0.15) is 9.88 Å². The van der Waals surface area contributed by atoms with Crippen molar-refractivity contribution >= 4 is 61.0 Å².